The predicted octanol–water partition coefficient (Wildman–Crippen LogP) is 2.49. The van der Waals surface area contributed by atoms with Gasteiger partial charge in [0, 0.05) is 5.33 Å². The Morgan fingerprint density at radius 1 is 1.34 bits per heavy atom. The van der Waals surface area contributed by atoms with Gasteiger partial charge in [-0.05, 0) is 38.2 Å². The number of benzene rings is 1. The van der Waals surface area contributed by atoms with Crippen LogP contribution in [0.5, 0.6) is 0 Å². The summed E-state index contributed by atoms with van der Waals surface area (Å²) >= 11 is 5.07. The lowest BCUT2D eigenvalue weighted by atomic mass is 9.95. The number of β-lactam (4-membered cyclic amide) rings is 1. The molecule has 1 aromatic rings. The van der Waals surface area contributed by atoms with Gasteiger partial charge in [-0.2, -0.15) is 0 Å². The van der Waals surface area contributed by atoms with Crippen molar-refractivity contribution in [2.45, 2.75) is 61.4 Å². The number of carbonyl (C=O) groups is 3. The molecule has 3 fully saturated rings. The maximum Gasteiger partial charge on any atom is 0.330 e. The highest BCUT2D eigenvalue weighted by Crippen LogP contribution is 2.52. The zero-order chi connectivity index (χ0) is 20.8. The van der Waals surface area contributed by atoms with Crippen molar-refractivity contribution in [3.8, 4) is 0 Å². The number of alkyl halides is 1. The number of hydrogen-bond donors (Lipinski definition) is 1. The number of rotatable bonds is 7. The van der Waals surface area contributed by atoms with Crippen LogP contribution in [-0.2, 0) is 25.5 Å². The van der Waals surface area contributed by atoms with Gasteiger partial charge in [0.15, 0.2) is 0 Å². The Bertz CT molecular complexity index is 818. The van der Waals surface area contributed by atoms with E-state index in [1.54, 1.807) is 16.7 Å². The van der Waals surface area contributed by atoms with Gasteiger partial charge in [-0.25, -0.2) is 4.79 Å². The second kappa shape index (κ2) is 7.95. The van der Waals surface area contributed by atoms with Gasteiger partial charge in [0.25, 0.3) is 0 Å². The summed E-state index contributed by atoms with van der Waals surface area (Å²) in [5.74, 6) is -0.307. The Morgan fingerprint density at radius 3 is 2.66 bits per heavy atom. The Morgan fingerprint density at radius 2 is 2.03 bits per heavy atom. The van der Waals surface area contributed by atoms with Crippen molar-refractivity contribution in [1.82, 2.24) is 10.2 Å². The quantitative estimate of drug-likeness (QED) is 0.368. The normalized spacial score (nSPS) is 31.6. The van der Waals surface area contributed by atoms with E-state index >= 15 is 0 Å². The summed E-state index contributed by atoms with van der Waals surface area (Å²) in [7, 11) is 0. The third kappa shape index (κ3) is 3.93. The first-order chi connectivity index (χ1) is 13.8. The Labute approximate surface area is 183 Å². The number of fused-ring (bicyclic) bond motifs is 1. The first-order valence-corrected chi connectivity index (χ1v) is 11.9. The second-order valence-corrected chi connectivity index (χ2v) is 10.5. The standard InChI is InChI=1S/C21H25BrN2O4S/c1-12(14-8-9-14)28-20(27)17-21(2,11-22)29-19-16(18(26)24(17)19)23-15(25)10-13-6-4-3-5-7-13/h3-7,12,14,16-17,19H,8-11H2,1-2H3,(H,23,25)/t12?,16?,17?,19-,21?/m0/s1. The molecular weight excluding hydrogens is 456 g/mol. The topological polar surface area (TPSA) is 75.7 Å². The predicted molar refractivity (Wildman–Crippen MR) is 115 cm³/mol. The molecule has 2 aliphatic heterocycles. The summed E-state index contributed by atoms with van der Waals surface area (Å²) in [5, 5.41) is 3.16. The minimum atomic E-state index is -0.646. The molecule has 4 rings (SSSR count). The van der Waals surface area contributed by atoms with Crippen molar-refractivity contribution in [2.24, 2.45) is 5.92 Å². The molecule has 6 nitrogen and oxygen atoms in total. The van der Waals surface area contributed by atoms with Crippen LogP contribution >= 0.6 is 27.7 Å². The van der Waals surface area contributed by atoms with Crippen molar-refractivity contribution in [2.75, 3.05) is 5.33 Å². The van der Waals surface area contributed by atoms with E-state index in [0.717, 1.165) is 18.4 Å². The van der Waals surface area contributed by atoms with Crippen LogP contribution in [0.2, 0.25) is 0 Å². The van der Waals surface area contributed by atoms with Crippen LogP contribution in [0.4, 0.5) is 0 Å². The molecule has 0 radical (unpaired) electrons. The van der Waals surface area contributed by atoms with Crippen molar-refractivity contribution in [3.63, 3.8) is 0 Å². The molecule has 8 heteroatoms. The van der Waals surface area contributed by atoms with E-state index in [4.69, 9.17) is 4.74 Å². The molecule has 4 unspecified atom stereocenters. The van der Waals surface area contributed by atoms with E-state index in [-0.39, 0.29) is 35.7 Å². The minimum absolute atomic E-state index is 0.121. The van der Waals surface area contributed by atoms with Gasteiger partial charge in [0.1, 0.15) is 23.6 Å². The summed E-state index contributed by atoms with van der Waals surface area (Å²) in [6.45, 7) is 3.89. The third-order valence-electron chi connectivity index (χ3n) is 5.93. The smallest absolute Gasteiger partial charge is 0.330 e. The summed E-state index contributed by atoms with van der Waals surface area (Å²) < 4.78 is 5.20. The molecule has 0 spiro atoms. The van der Waals surface area contributed by atoms with Gasteiger partial charge in [-0.3, -0.25) is 9.59 Å². The van der Waals surface area contributed by atoms with Crippen molar-refractivity contribution < 1.29 is 19.1 Å². The number of nitrogens with zero attached hydrogens (tertiary/aromatic N) is 1. The van der Waals surface area contributed by atoms with Gasteiger partial charge in [0.05, 0.1) is 11.2 Å². The Kier molecular flexibility index (Phi) is 5.68. The van der Waals surface area contributed by atoms with Gasteiger partial charge in [-0.15, -0.1) is 11.8 Å². The van der Waals surface area contributed by atoms with E-state index in [9.17, 15) is 14.4 Å². The lowest BCUT2D eigenvalue weighted by molar-refractivity contribution is -0.167. The molecule has 1 aromatic carbocycles. The number of nitrogens with one attached hydrogen (secondary N) is 1. The van der Waals surface area contributed by atoms with Gasteiger partial charge in [-0.1, -0.05) is 46.3 Å². The highest BCUT2D eigenvalue weighted by atomic mass is 79.9. The highest BCUT2D eigenvalue weighted by molar-refractivity contribution is 9.09. The number of carbonyl (C=O) groups excluding carboxylic acids is 3. The molecule has 2 heterocycles. The van der Waals surface area contributed by atoms with E-state index < -0.39 is 16.8 Å². The monoisotopic (exact) mass is 480 g/mol. The highest BCUT2D eigenvalue weighted by Gasteiger charge is 2.65. The summed E-state index contributed by atoms with van der Waals surface area (Å²) in [6, 6.07) is 8.18. The van der Waals surface area contributed by atoms with Crippen LogP contribution in [0.15, 0.2) is 30.3 Å². The molecule has 1 N–H and O–H groups in total. The SMILES string of the molecule is CC(OC(=O)C1N2C(=O)C(NC(=O)Cc3ccccc3)[C@@H]2SC1(C)CBr)C1CC1. The minimum Gasteiger partial charge on any atom is -0.461 e. The first-order valence-electron chi connectivity index (χ1n) is 9.94. The van der Waals surface area contributed by atoms with Gasteiger partial charge in [0.2, 0.25) is 11.8 Å². The molecule has 1 aliphatic carbocycles. The number of esters is 1. The van der Waals surface area contributed by atoms with Crippen LogP contribution in [0, 0.1) is 5.92 Å². The van der Waals surface area contributed by atoms with Crippen LogP contribution < -0.4 is 5.32 Å². The average Bonchev–Trinajstić information content (AvgIpc) is 3.51. The number of ether oxygens (including phenoxy) is 1. The maximum absolute atomic E-state index is 12.9. The van der Waals surface area contributed by atoms with E-state index in [1.165, 1.54) is 0 Å². The molecule has 156 valence electrons. The zero-order valence-corrected chi connectivity index (χ0v) is 18.9. The van der Waals surface area contributed by atoms with Gasteiger partial charge >= 0.3 is 5.97 Å². The number of halogens is 1. The molecular formula is C21H25BrN2O4S. The van der Waals surface area contributed by atoms with E-state index in [1.807, 2.05) is 44.2 Å². The number of amides is 2. The van der Waals surface area contributed by atoms with Crippen molar-refractivity contribution in [3.05, 3.63) is 35.9 Å². The number of hydrogen-bond acceptors (Lipinski definition) is 5. The number of thioether (sulfide) groups is 1. The fourth-order valence-corrected chi connectivity index (χ4v) is 6.35. The fourth-order valence-electron chi connectivity index (χ4n) is 4.04. The van der Waals surface area contributed by atoms with Gasteiger partial charge < -0.3 is 15.0 Å². The maximum atomic E-state index is 12.9. The Hall–Kier alpha value is -1.54. The summed E-state index contributed by atoms with van der Waals surface area (Å²) in [5.41, 5.74) is 0.897. The molecule has 1 saturated carbocycles. The lowest BCUT2D eigenvalue weighted by Gasteiger charge is -2.44. The van der Waals surface area contributed by atoms with Crippen LogP contribution in [-0.4, -0.2) is 56.3 Å². The van der Waals surface area contributed by atoms with Crippen LogP contribution in [0.25, 0.3) is 0 Å². The molecule has 5 atom stereocenters. The van der Waals surface area contributed by atoms with E-state index in [0.29, 0.717) is 11.2 Å². The second-order valence-electron chi connectivity index (χ2n) is 8.29. The lowest BCUT2D eigenvalue weighted by Crippen LogP contribution is -2.71. The first kappa shape index (κ1) is 20.7. The molecule has 2 saturated heterocycles. The van der Waals surface area contributed by atoms with E-state index in [2.05, 4.69) is 21.2 Å². The summed E-state index contributed by atoms with van der Waals surface area (Å²) in [4.78, 5) is 39.8. The largest absolute Gasteiger partial charge is 0.461 e. The molecule has 0 aromatic heterocycles. The third-order valence-corrected chi connectivity index (χ3v) is 9.11. The van der Waals surface area contributed by atoms with Crippen LogP contribution in [0.3, 0.4) is 0 Å². The molecule has 2 amide bonds. The zero-order valence-electron chi connectivity index (χ0n) is 16.5. The van der Waals surface area contributed by atoms with Crippen LogP contribution in [0.1, 0.15) is 32.3 Å². The van der Waals surface area contributed by atoms with Crippen molar-refractivity contribution >= 4 is 45.5 Å². The molecule has 3 aliphatic rings. The molecule has 29 heavy (non-hydrogen) atoms. The Balaban J connectivity index is 1.43. The summed E-state index contributed by atoms with van der Waals surface area (Å²) in [6.07, 6.45) is 2.28. The average molecular weight is 481 g/mol. The fraction of sp³-hybridized carbons (Fsp3) is 0.571. The van der Waals surface area contributed by atoms with Crippen molar-refractivity contribution in [1.29, 1.82) is 0 Å². The molecule has 0 bridgehead atoms.